The quantitative estimate of drug-likeness (QED) is 0.460. The summed E-state index contributed by atoms with van der Waals surface area (Å²) in [5, 5.41) is 6.95. The second-order valence-corrected chi connectivity index (χ2v) is 6.44. The monoisotopic (exact) mass is 422 g/mol. The van der Waals surface area contributed by atoms with E-state index in [1.54, 1.807) is 0 Å². The van der Waals surface area contributed by atoms with Gasteiger partial charge in [-0.3, -0.25) is 4.99 Å². The van der Waals surface area contributed by atoms with Gasteiger partial charge in [-0.25, -0.2) is 0 Å². The number of hydrogen-bond acceptors (Lipinski definition) is 3. The summed E-state index contributed by atoms with van der Waals surface area (Å²) in [5.74, 6) is 1.68. The fourth-order valence-corrected chi connectivity index (χ4v) is 3.07. The topological polar surface area (TPSA) is 30.9 Å². The lowest BCUT2D eigenvalue weighted by molar-refractivity contribution is 0.372. The lowest BCUT2D eigenvalue weighted by atomic mass is 10.2. The van der Waals surface area contributed by atoms with E-state index in [4.69, 9.17) is 4.99 Å². The van der Waals surface area contributed by atoms with Crippen LogP contribution in [0.4, 0.5) is 5.00 Å². The van der Waals surface area contributed by atoms with E-state index < -0.39 is 0 Å². The number of aliphatic imine (C=N–C) groups is 1. The third-order valence-corrected chi connectivity index (χ3v) is 4.27. The number of guanidine groups is 1. The molecule has 0 atom stereocenters. The van der Waals surface area contributed by atoms with E-state index in [-0.39, 0.29) is 24.0 Å². The molecule has 0 bridgehead atoms. The highest BCUT2D eigenvalue weighted by Crippen LogP contribution is 2.22. The number of halogens is 1. The maximum atomic E-state index is 4.74. The van der Waals surface area contributed by atoms with Crippen molar-refractivity contribution in [3.8, 4) is 0 Å². The van der Waals surface area contributed by atoms with Crippen LogP contribution in [0.3, 0.4) is 0 Å². The Labute approximate surface area is 149 Å². The van der Waals surface area contributed by atoms with E-state index >= 15 is 0 Å². The van der Waals surface area contributed by atoms with Crippen LogP contribution >= 0.6 is 35.3 Å². The van der Waals surface area contributed by atoms with Gasteiger partial charge in [-0.15, -0.1) is 35.3 Å². The summed E-state index contributed by atoms with van der Waals surface area (Å²) in [6.07, 6.45) is 0. The van der Waals surface area contributed by atoms with Gasteiger partial charge in [-0.05, 0) is 30.4 Å². The summed E-state index contributed by atoms with van der Waals surface area (Å²) in [6, 6.07) is 4.33. The number of nitrogens with zero attached hydrogens (tertiary/aromatic N) is 3. The van der Waals surface area contributed by atoms with Gasteiger partial charge in [0.1, 0.15) is 0 Å². The molecule has 21 heavy (non-hydrogen) atoms. The molecule has 0 radical (unpaired) electrons. The van der Waals surface area contributed by atoms with E-state index in [2.05, 4.69) is 53.4 Å². The highest BCUT2D eigenvalue weighted by Gasteiger charge is 2.20. The number of piperazine rings is 1. The van der Waals surface area contributed by atoms with Crippen LogP contribution in [0.15, 0.2) is 22.5 Å². The number of anilines is 1. The first-order valence-corrected chi connectivity index (χ1v) is 8.40. The zero-order valence-corrected chi connectivity index (χ0v) is 16.4. The summed E-state index contributed by atoms with van der Waals surface area (Å²) in [4.78, 5) is 9.59. The van der Waals surface area contributed by atoms with E-state index in [9.17, 15) is 0 Å². The lowest BCUT2D eigenvalue weighted by Crippen LogP contribution is -2.52. The summed E-state index contributed by atoms with van der Waals surface area (Å²) < 4.78 is 0. The molecule has 1 aliphatic heterocycles. The number of rotatable bonds is 4. The molecule has 0 spiro atoms. The second kappa shape index (κ2) is 9.50. The average Bonchev–Trinajstić information content (AvgIpc) is 2.97. The molecule has 1 N–H and O–H groups in total. The molecule has 1 aliphatic rings. The minimum atomic E-state index is 0. The van der Waals surface area contributed by atoms with Crippen molar-refractivity contribution in [2.75, 3.05) is 44.2 Å². The van der Waals surface area contributed by atoms with Gasteiger partial charge in [0, 0.05) is 39.3 Å². The molecule has 1 fully saturated rings. The van der Waals surface area contributed by atoms with Crippen molar-refractivity contribution in [1.29, 1.82) is 0 Å². The summed E-state index contributed by atoms with van der Waals surface area (Å²) in [7, 11) is 0. The van der Waals surface area contributed by atoms with Crippen molar-refractivity contribution in [2.24, 2.45) is 10.9 Å². The van der Waals surface area contributed by atoms with Crippen molar-refractivity contribution in [2.45, 2.75) is 20.8 Å². The fourth-order valence-electron chi connectivity index (χ4n) is 2.28. The first-order chi connectivity index (χ1) is 9.70. The highest BCUT2D eigenvalue weighted by atomic mass is 127. The molecule has 2 rings (SSSR count). The van der Waals surface area contributed by atoms with Gasteiger partial charge >= 0.3 is 0 Å². The van der Waals surface area contributed by atoms with Gasteiger partial charge in [0.05, 0.1) is 5.00 Å². The number of hydrogen-bond donors (Lipinski definition) is 1. The minimum Gasteiger partial charge on any atom is -0.360 e. The van der Waals surface area contributed by atoms with Crippen molar-refractivity contribution >= 4 is 46.3 Å². The van der Waals surface area contributed by atoms with Crippen molar-refractivity contribution in [3.63, 3.8) is 0 Å². The minimum absolute atomic E-state index is 0. The van der Waals surface area contributed by atoms with Crippen LogP contribution in [0.25, 0.3) is 0 Å². The van der Waals surface area contributed by atoms with Crippen molar-refractivity contribution in [3.05, 3.63) is 17.5 Å². The first-order valence-electron chi connectivity index (χ1n) is 7.52. The molecular weight excluding hydrogens is 395 g/mol. The molecule has 0 aromatic carbocycles. The van der Waals surface area contributed by atoms with Crippen LogP contribution in [0.1, 0.15) is 20.8 Å². The molecule has 4 nitrogen and oxygen atoms in total. The third kappa shape index (κ3) is 5.65. The van der Waals surface area contributed by atoms with E-state index in [0.717, 1.165) is 45.2 Å². The zero-order chi connectivity index (χ0) is 14.4. The van der Waals surface area contributed by atoms with Crippen LogP contribution in [-0.4, -0.2) is 50.1 Å². The molecule has 0 saturated carbocycles. The molecule has 0 amide bonds. The van der Waals surface area contributed by atoms with Gasteiger partial charge in [0.15, 0.2) is 5.96 Å². The third-order valence-electron chi connectivity index (χ3n) is 3.34. The Bertz CT molecular complexity index is 411. The summed E-state index contributed by atoms with van der Waals surface area (Å²) in [6.45, 7) is 12.6. The Morgan fingerprint density at radius 3 is 2.57 bits per heavy atom. The normalized spacial score (nSPS) is 16.1. The smallest absolute Gasteiger partial charge is 0.194 e. The molecular formula is C15H27IN4S. The van der Waals surface area contributed by atoms with Crippen LogP contribution in [-0.2, 0) is 0 Å². The molecule has 0 aliphatic carbocycles. The van der Waals surface area contributed by atoms with Crippen LogP contribution < -0.4 is 10.2 Å². The molecule has 6 heteroatoms. The predicted molar refractivity (Wildman–Crippen MR) is 104 cm³/mol. The Balaban J connectivity index is 0.00000220. The van der Waals surface area contributed by atoms with Gasteiger partial charge < -0.3 is 15.1 Å². The predicted octanol–water partition coefficient (Wildman–Crippen LogP) is 3.11. The molecule has 2 heterocycles. The molecule has 120 valence electrons. The summed E-state index contributed by atoms with van der Waals surface area (Å²) >= 11 is 1.83. The van der Waals surface area contributed by atoms with Crippen LogP contribution in [0.5, 0.6) is 0 Å². The van der Waals surface area contributed by atoms with Crippen LogP contribution in [0.2, 0.25) is 0 Å². The molecule has 1 aromatic rings. The van der Waals surface area contributed by atoms with Crippen molar-refractivity contribution < 1.29 is 0 Å². The van der Waals surface area contributed by atoms with E-state index in [1.165, 1.54) is 5.00 Å². The Hall–Kier alpha value is -0.500. The highest BCUT2D eigenvalue weighted by molar-refractivity contribution is 14.0. The van der Waals surface area contributed by atoms with Gasteiger partial charge in [0.2, 0.25) is 0 Å². The standard InChI is InChI=1S/C15H26N4S.HI/c1-4-16-15(17-12-13(2)3)19-9-7-18(8-10-19)14-6-5-11-20-14;/h5-6,11,13H,4,7-10,12H2,1-3H3,(H,16,17);1H. The molecule has 1 aromatic heterocycles. The average molecular weight is 422 g/mol. The van der Waals surface area contributed by atoms with Gasteiger partial charge in [-0.2, -0.15) is 0 Å². The van der Waals surface area contributed by atoms with E-state index in [0.29, 0.717) is 5.92 Å². The Morgan fingerprint density at radius 2 is 2.05 bits per heavy atom. The summed E-state index contributed by atoms with van der Waals surface area (Å²) in [5.41, 5.74) is 0. The zero-order valence-electron chi connectivity index (χ0n) is 13.2. The SMILES string of the molecule is CCNC(=NCC(C)C)N1CCN(c2cccs2)CC1.I. The Morgan fingerprint density at radius 1 is 1.33 bits per heavy atom. The van der Waals surface area contributed by atoms with Crippen molar-refractivity contribution in [1.82, 2.24) is 10.2 Å². The largest absolute Gasteiger partial charge is 0.360 e. The first kappa shape index (κ1) is 18.5. The maximum Gasteiger partial charge on any atom is 0.194 e. The van der Waals surface area contributed by atoms with Gasteiger partial charge in [-0.1, -0.05) is 13.8 Å². The van der Waals surface area contributed by atoms with E-state index in [1.807, 2.05) is 11.3 Å². The molecule has 1 saturated heterocycles. The van der Waals surface area contributed by atoms with Crippen LogP contribution in [0, 0.1) is 5.92 Å². The maximum absolute atomic E-state index is 4.74. The molecule has 0 unspecified atom stereocenters. The number of nitrogens with one attached hydrogen (secondary N) is 1. The Kier molecular flexibility index (Phi) is 8.39. The number of thiophene rings is 1. The lowest BCUT2D eigenvalue weighted by Gasteiger charge is -2.37. The van der Waals surface area contributed by atoms with Gasteiger partial charge in [0.25, 0.3) is 0 Å². The second-order valence-electron chi connectivity index (χ2n) is 5.51. The fraction of sp³-hybridized carbons (Fsp3) is 0.667.